The summed E-state index contributed by atoms with van der Waals surface area (Å²) in [6.07, 6.45) is 1.69. The minimum absolute atomic E-state index is 0.189. The third-order valence-electron chi connectivity index (χ3n) is 4.79. The molecule has 2 aromatic heterocycles. The summed E-state index contributed by atoms with van der Waals surface area (Å²) < 4.78 is 22.2. The Morgan fingerprint density at radius 3 is 2.67 bits per heavy atom. The summed E-state index contributed by atoms with van der Waals surface area (Å²) in [5.74, 6) is 2.37. The average molecular weight is 406 g/mol. The number of amides is 1. The van der Waals surface area contributed by atoms with Crippen molar-refractivity contribution in [2.45, 2.75) is 6.92 Å². The standard InChI is InChI=1S/C23H22N2O5/c1-14-22(23(26)25-10-11-27-2)18-7-5-16(13-21(18)29-14)30-20-8-9-24-19-12-15(28-3)4-6-17(19)20/h4-9,12-13H,10-11H2,1-3H3,(H,25,26). The van der Waals surface area contributed by atoms with Crippen molar-refractivity contribution < 1.29 is 23.4 Å². The zero-order valence-electron chi connectivity index (χ0n) is 17.0. The Labute approximate surface area is 173 Å². The largest absolute Gasteiger partial charge is 0.497 e. The molecule has 154 valence electrons. The molecule has 0 unspecified atom stereocenters. The molecule has 4 rings (SSSR count). The fourth-order valence-electron chi connectivity index (χ4n) is 3.34. The number of nitrogens with zero attached hydrogens (tertiary/aromatic N) is 1. The van der Waals surface area contributed by atoms with Crippen LogP contribution in [0.15, 0.2) is 53.1 Å². The summed E-state index contributed by atoms with van der Waals surface area (Å²) in [5, 5.41) is 4.43. The molecule has 0 radical (unpaired) electrons. The first kappa shape index (κ1) is 19.7. The van der Waals surface area contributed by atoms with E-state index in [9.17, 15) is 4.79 Å². The minimum Gasteiger partial charge on any atom is -0.497 e. The zero-order chi connectivity index (χ0) is 21.1. The second-order valence-corrected chi connectivity index (χ2v) is 6.73. The number of hydrogen-bond acceptors (Lipinski definition) is 6. The number of rotatable bonds is 7. The first-order valence-corrected chi connectivity index (χ1v) is 9.51. The van der Waals surface area contributed by atoms with Gasteiger partial charge in [-0.2, -0.15) is 0 Å². The molecule has 2 heterocycles. The van der Waals surface area contributed by atoms with E-state index in [1.54, 1.807) is 39.5 Å². The lowest BCUT2D eigenvalue weighted by Gasteiger charge is -2.09. The quantitative estimate of drug-likeness (QED) is 0.456. The van der Waals surface area contributed by atoms with Gasteiger partial charge in [0.25, 0.3) is 5.91 Å². The molecule has 4 aromatic rings. The first-order chi connectivity index (χ1) is 14.6. The number of furan rings is 1. The van der Waals surface area contributed by atoms with Gasteiger partial charge in [0.15, 0.2) is 0 Å². The summed E-state index contributed by atoms with van der Waals surface area (Å²) in [4.78, 5) is 16.9. The second kappa shape index (κ2) is 8.42. The summed E-state index contributed by atoms with van der Waals surface area (Å²) in [5.41, 5.74) is 1.88. The molecule has 0 bridgehead atoms. The maximum absolute atomic E-state index is 12.5. The van der Waals surface area contributed by atoms with Crippen LogP contribution in [0.5, 0.6) is 17.2 Å². The van der Waals surface area contributed by atoms with Crippen LogP contribution in [0.25, 0.3) is 21.9 Å². The monoisotopic (exact) mass is 406 g/mol. The molecular weight excluding hydrogens is 384 g/mol. The van der Waals surface area contributed by atoms with Crippen molar-refractivity contribution in [3.63, 3.8) is 0 Å². The molecule has 1 amide bonds. The highest BCUT2D eigenvalue weighted by Crippen LogP contribution is 2.34. The molecule has 0 saturated heterocycles. The SMILES string of the molecule is COCCNC(=O)c1c(C)oc2cc(Oc3ccnc4cc(OC)ccc34)ccc12. The van der Waals surface area contributed by atoms with Gasteiger partial charge in [-0.05, 0) is 37.3 Å². The molecule has 7 nitrogen and oxygen atoms in total. The maximum atomic E-state index is 12.5. The van der Waals surface area contributed by atoms with Crippen LogP contribution in [-0.4, -0.2) is 38.3 Å². The first-order valence-electron chi connectivity index (χ1n) is 9.51. The van der Waals surface area contributed by atoms with Crippen LogP contribution >= 0.6 is 0 Å². The lowest BCUT2D eigenvalue weighted by Crippen LogP contribution is -2.27. The molecule has 0 atom stereocenters. The molecule has 0 saturated carbocycles. The normalized spacial score (nSPS) is 11.0. The van der Waals surface area contributed by atoms with E-state index in [-0.39, 0.29) is 5.91 Å². The summed E-state index contributed by atoms with van der Waals surface area (Å²) in [6.45, 7) is 2.66. The second-order valence-electron chi connectivity index (χ2n) is 6.73. The van der Waals surface area contributed by atoms with Gasteiger partial charge in [-0.25, -0.2) is 0 Å². The number of ether oxygens (including phenoxy) is 3. The molecule has 2 aromatic carbocycles. The van der Waals surface area contributed by atoms with Crippen molar-refractivity contribution in [1.29, 1.82) is 0 Å². The van der Waals surface area contributed by atoms with E-state index in [1.165, 1.54) is 0 Å². The van der Waals surface area contributed by atoms with Crippen LogP contribution in [-0.2, 0) is 4.74 Å². The van der Waals surface area contributed by atoms with E-state index in [0.717, 1.165) is 22.0 Å². The maximum Gasteiger partial charge on any atom is 0.255 e. The van der Waals surface area contributed by atoms with Gasteiger partial charge in [-0.1, -0.05) is 0 Å². The molecule has 7 heteroatoms. The molecule has 0 aliphatic rings. The Balaban J connectivity index is 1.64. The van der Waals surface area contributed by atoms with Crippen LogP contribution < -0.4 is 14.8 Å². The van der Waals surface area contributed by atoms with Crippen LogP contribution in [0.4, 0.5) is 0 Å². The third kappa shape index (κ3) is 3.79. The van der Waals surface area contributed by atoms with E-state index in [1.807, 2.05) is 30.3 Å². The molecular formula is C23H22N2O5. The number of hydrogen-bond donors (Lipinski definition) is 1. The number of methoxy groups -OCH3 is 2. The van der Waals surface area contributed by atoms with Gasteiger partial charge >= 0.3 is 0 Å². The fourth-order valence-corrected chi connectivity index (χ4v) is 3.34. The number of nitrogens with one attached hydrogen (secondary N) is 1. The summed E-state index contributed by atoms with van der Waals surface area (Å²) in [7, 11) is 3.21. The van der Waals surface area contributed by atoms with Crippen molar-refractivity contribution in [3.05, 3.63) is 60.0 Å². The van der Waals surface area contributed by atoms with Crippen LogP contribution in [0, 0.1) is 6.92 Å². The molecule has 0 aliphatic heterocycles. The molecule has 0 fully saturated rings. The van der Waals surface area contributed by atoms with Crippen molar-refractivity contribution in [2.75, 3.05) is 27.4 Å². The number of aryl methyl sites for hydroxylation is 1. The minimum atomic E-state index is -0.189. The van der Waals surface area contributed by atoms with E-state index in [4.69, 9.17) is 18.6 Å². The summed E-state index contributed by atoms with van der Waals surface area (Å²) in [6, 6.07) is 12.9. The van der Waals surface area contributed by atoms with Gasteiger partial charge < -0.3 is 23.9 Å². The highest BCUT2D eigenvalue weighted by atomic mass is 16.5. The van der Waals surface area contributed by atoms with Crippen molar-refractivity contribution in [2.24, 2.45) is 0 Å². The van der Waals surface area contributed by atoms with E-state index in [2.05, 4.69) is 10.3 Å². The Kier molecular flexibility index (Phi) is 5.54. The van der Waals surface area contributed by atoms with Gasteiger partial charge in [0.1, 0.15) is 28.6 Å². The van der Waals surface area contributed by atoms with Crippen LogP contribution in [0.1, 0.15) is 16.1 Å². The topological polar surface area (TPSA) is 82.8 Å². The number of aromatic nitrogens is 1. The number of carbonyl (C=O) groups is 1. The predicted molar refractivity (Wildman–Crippen MR) is 114 cm³/mol. The lowest BCUT2D eigenvalue weighted by molar-refractivity contribution is 0.0937. The van der Waals surface area contributed by atoms with Crippen LogP contribution in [0.2, 0.25) is 0 Å². The number of carbonyl (C=O) groups excluding carboxylic acids is 1. The van der Waals surface area contributed by atoms with Crippen molar-refractivity contribution in [3.8, 4) is 17.2 Å². The predicted octanol–water partition coefficient (Wildman–Crippen LogP) is 4.47. The van der Waals surface area contributed by atoms with Crippen molar-refractivity contribution >= 4 is 27.8 Å². The van der Waals surface area contributed by atoms with Gasteiger partial charge in [0.2, 0.25) is 0 Å². The number of pyridine rings is 1. The average Bonchev–Trinajstić information content (AvgIpc) is 3.08. The summed E-state index contributed by atoms with van der Waals surface area (Å²) >= 11 is 0. The van der Waals surface area contributed by atoms with E-state index >= 15 is 0 Å². The van der Waals surface area contributed by atoms with E-state index < -0.39 is 0 Å². The van der Waals surface area contributed by atoms with Gasteiger partial charge in [-0.3, -0.25) is 9.78 Å². The third-order valence-corrected chi connectivity index (χ3v) is 4.79. The van der Waals surface area contributed by atoms with Gasteiger partial charge in [-0.15, -0.1) is 0 Å². The Bertz CT molecular complexity index is 1220. The Morgan fingerprint density at radius 1 is 1.07 bits per heavy atom. The van der Waals surface area contributed by atoms with Gasteiger partial charge in [0.05, 0.1) is 24.8 Å². The molecule has 30 heavy (non-hydrogen) atoms. The van der Waals surface area contributed by atoms with Crippen molar-refractivity contribution in [1.82, 2.24) is 10.3 Å². The molecule has 0 spiro atoms. The van der Waals surface area contributed by atoms with Crippen LogP contribution in [0.3, 0.4) is 0 Å². The Hall–Kier alpha value is -3.58. The number of benzene rings is 2. The van der Waals surface area contributed by atoms with Gasteiger partial charge in [0, 0.05) is 42.8 Å². The Morgan fingerprint density at radius 2 is 1.87 bits per heavy atom. The fraction of sp³-hybridized carbons (Fsp3) is 0.217. The highest BCUT2D eigenvalue weighted by molar-refractivity contribution is 6.07. The molecule has 1 N–H and O–H groups in total. The molecule has 0 aliphatic carbocycles. The zero-order valence-corrected chi connectivity index (χ0v) is 17.0. The highest BCUT2D eigenvalue weighted by Gasteiger charge is 2.18. The number of fused-ring (bicyclic) bond motifs is 2. The smallest absolute Gasteiger partial charge is 0.255 e. The lowest BCUT2D eigenvalue weighted by atomic mass is 10.1. The van der Waals surface area contributed by atoms with E-state index in [0.29, 0.717) is 41.6 Å².